The highest BCUT2D eigenvalue weighted by Crippen LogP contribution is 2.36. The van der Waals surface area contributed by atoms with Gasteiger partial charge in [-0.3, -0.25) is 4.79 Å². The van der Waals surface area contributed by atoms with E-state index in [1.54, 1.807) is 6.26 Å². The van der Waals surface area contributed by atoms with E-state index in [0.29, 0.717) is 28.6 Å². The number of amides is 1. The molecule has 0 bridgehead atoms. The van der Waals surface area contributed by atoms with Gasteiger partial charge in [-0.25, -0.2) is 14.6 Å². The van der Waals surface area contributed by atoms with Gasteiger partial charge in [0.1, 0.15) is 11.8 Å². The van der Waals surface area contributed by atoms with Crippen LogP contribution in [0.3, 0.4) is 0 Å². The second-order valence-corrected chi connectivity index (χ2v) is 9.28. The summed E-state index contributed by atoms with van der Waals surface area (Å²) in [5.74, 6) is -1.08. The van der Waals surface area contributed by atoms with E-state index in [1.807, 2.05) is 72.8 Å². The van der Waals surface area contributed by atoms with Crippen molar-refractivity contribution < 1.29 is 28.3 Å². The minimum absolute atomic E-state index is 0.250. The Balaban J connectivity index is 1.37. The number of hydrogen-bond acceptors (Lipinski definition) is 7. The number of carbonyl (C=O) groups is 3. The molecule has 1 atom stereocenters. The molecule has 5 rings (SSSR count). The summed E-state index contributed by atoms with van der Waals surface area (Å²) in [6, 6.07) is 19.4. The Labute approximate surface area is 225 Å². The maximum atomic E-state index is 13.5. The smallest absolute Gasteiger partial charge is 0.339 e. The number of aromatic nitrogens is 1. The quantitative estimate of drug-likeness (QED) is 0.331. The SMILES string of the molecule is COC(=O)[C@H](Cc1ccccc1)NC(=O)COC(=O)c1c2c(nc3ccccc13)/C(=C\c1ccco1)CCC2. The minimum atomic E-state index is -0.910. The maximum absolute atomic E-state index is 13.5. The highest BCUT2D eigenvalue weighted by molar-refractivity contribution is 6.07. The fraction of sp³-hybridized carbons (Fsp3) is 0.226. The van der Waals surface area contributed by atoms with Gasteiger partial charge in [0.05, 0.1) is 30.1 Å². The summed E-state index contributed by atoms with van der Waals surface area (Å²) < 4.78 is 15.9. The third-order valence-corrected chi connectivity index (χ3v) is 6.67. The van der Waals surface area contributed by atoms with E-state index in [2.05, 4.69) is 5.32 Å². The first-order valence-electron chi connectivity index (χ1n) is 12.8. The molecular weight excluding hydrogens is 496 g/mol. The molecule has 8 heteroatoms. The molecule has 4 aromatic rings. The van der Waals surface area contributed by atoms with E-state index in [0.717, 1.165) is 35.2 Å². The van der Waals surface area contributed by atoms with E-state index in [-0.39, 0.29) is 6.42 Å². The van der Waals surface area contributed by atoms with Gasteiger partial charge in [0.15, 0.2) is 6.61 Å². The number of carbonyl (C=O) groups excluding carboxylic acids is 3. The van der Waals surface area contributed by atoms with Crippen molar-refractivity contribution in [1.82, 2.24) is 10.3 Å². The maximum Gasteiger partial charge on any atom is 0.339 e. The number of pyridine rings is 1. The molecule has 0 spiro atoms. The molecule has 1 amide bonds. The summed E-state index contributed by atoms with van der Waals surface area (Å²) in [7, 11) is 1.26. The summed E-state index contributed by atoms with van der Waals surface area (Å²) in [6.07, 6.45) is 6.10. The van der Waals surface area contributed by atoms with Crippen LogP contribution in [0.15, 0.2) is 77.4 Å². The van der Waals surface area contributed by atoms with Crippen molar-refractivity contribution in [3.63, 3.8) is 0 Å². The Bertz CT molecular complexity index is 1530. The largest absolute Gasteiger partial charge is 0.467 e. The number of hydrogen-bond donors (Lipinski definition) is 1. The lowest BCUT2D eigenvalue weighted by Crippen LogP contribution is -2.44. The number of esters is 2. The monoisotopic (exact) mass is 524 g/mol. The predicted octanol–water partition coefficient (Wildman–Crippen LogP) is 4.76. The molecule has 39 heavy (non-hydrogen) atoms. The summed E-state index contributed by atoms with van der Waals surface area (Å²) in [4.78, 5) is 43.4. The molecule has 1 aliphatic rings. The van der Waals surface area contributed by atoms with Crippen LogP contribution in [-0.4, -0.2) is 42.6 Å². The van der Waals surface area contributed by atoms with Gasteiger partial charge in [0, 0.05) is 11.8 Å². The third kappa shape index (κ3) is 5.90. The number of furan rings is 1. The molecule has 2 heterocycles. The van der Waals surface area contributed by atoms with Gasteiger partial charge in [0.25, 0.3) is 5.91 Å². The number of para-hydroxylation sites is 1. The van der Waals surface area contributed by atoms with Crippen LogP contribution in [0.25, 0.3) is 22.6 Å². The second-order valence-electron chi connectivity index (χ2n) is 9.28. The molecule has 0 saturated carbocycles. The highest BCUT2D eigenvalue weighted by Gasteiger charge is 2.27. The molecule has 2 aromatic heterocycles. The second kappa shape index (κ2) is 11.8. The van der Waals surface area contributed by atoms with Gasteiger partial charge >= 0.3 is 11.9 Å². The molecule has 1 aliphatic carbocycles. The van der Waals surface area contributed by atoms with Crippen LogP contribution in [0.4, 0.5) is 0 Å². The minimum Gasteiger partial charge on any atom is -0.467 e. The Morgan fingerprint density at radius 1 is 1.03 bits per heavy atom. The average Bonchev–Trinajstić information content (AvgIpc) is 3.48. The van der Waals surface area contributed by atoms with Gasteiger partial charge in [-0.15, -0.1) is 0 Å². The van der Waals surface area contributed by atoms with Crippen molar-refractivity contribution in [2.75, 3.05) is 13.7 Å². The molecule has 0 radical (unpaired) electrons. The molecule has 1 N–H and O–H groups in total. The molecule has 8 nitrogen and oxygen atoms in total. The van der Waals surface area contributed by atoms with Crippen LogP contribution in [0.5, 0.6) is 0 Å². The Hall–Kier alpha value is -4.72. The number of ether oxygens (including phenoxy) is 2. The molecular formula is C31H28N2O6. The molecule has 0 fully saturated rings. The third-order valence-electron chi connectivity index (χ3n) is 6.67. The van der Waals surface area contributed by atoms with Crippen LogP contribution in [0.2, 0.25) is 0 Å². The fourth-order valence-corrected chi connectivity index (χ4v) is 4.88. The average molecular weight is 525 g/mol. The first-order chi connectivity index (χ1) is 19.0. The van der Waals surface area contributed by atoms with Gasteiger partial charge in [-0.05, 0) is 60.2 Å². The van der Waals surface area contributed by atoms with Crippen molar-refractivity contribution >= 4 is 40.4 Å². The van der Waals surface area contributed by atoms with Crippen molar-refractivity contribution in [1.29, 1.82) is 0 Å². The topological polar surface area (TPSA) is 108 Å². The normalized spacial score (nSPS) is 14.4. The summed E-state index contributed by atoms with van der Waals surface area (Å²) in [6.45, 7) is -0.540. The zero-order valence-electron chi connectivity index (χ0n) is 21.5. The fourth-order valence-electron chi connectivity index (χ4n) is 4.88. The molecule has 198 valence electrons. The molecule has 0 unspecified atom stereocenters. The summed E-state index contributed by atoms with van der Waals surface area (Å²) in [5, 5.41) is 3.30. The van der Waals surface area contributed by atoms with Crippen molar-refractivity contribution in [2.24, 2.45) is 0 Å². The van der Waals surface area contributed by atoms with Crippen LogP contribution >= 0.6 is 0 Å². The first kappa shape index (κ1) is 25.9. The lowest BCUT2D eigenvalue weighted by molar-refractivity contribution is -0.145. The standard InChI is InChI=1S/C31H28N2O6/c1-37-30(35)26(17-20-9-3-2-4-10-20)32-27(34)19-39-31(36)28-23-13-5-6-15-25(23)33-29-21(11-7-14-24(28)29)18-22-12-8-16-38-22/h2-6,8-10,12-13,15-16,18,26H,7,11,14,17,19H2,1H3,(H,32,34)/b21-18-/t26-/m0/s1. The zero-order valence-corrected chi connectivity index (χ0v) is 21.5. The molecule has 0 saturated heterocycles. The van der Waals surface area contributed by atoms with E-state index in [4.69, 9.17) is 18.9 Å². The van der Waals surface area contributed by atoms with E-state index in [1.165, 1.54) is 7.11 Å². The summed E-state index contributed by atoms with van der Waals surface area (Å²) in [5.41, 5.74) is 4.43. The lowest BCUT2D eigenvalue weighted by Gasteiger charge is -2.22. The van der Waals surface area contributed by atoms with Crippen molar-refractivity contribution in [2.45, 2.75) is 31.7 Å². The lowest BCUT2D eigenvalue weighted by atomic mass is 9.86. The van der Waals surface area contributed by atoms with Gasteiger partial charge in [-0.2, -0.15) is 0 Å². The van der Waals surface area contributed by atoms with E-state index < -0.39 is 30.5 Å². The number of fused-ring (bicyclic) bond motifs is 2. The number of benzene rings is 2. The van der Waals surface area contributed by atoms with Crippen molar-refractivity contribution in [3.05, 3.63) is 101 Å². The van der Waals surface area contributed by atoms with Gasteiger partial charge < -0.3 is 19.2 Å². The van der Waals surface area contributed by atoms with E-state index >= 15 is 0 Å². The number of rotatable bonds is 8. The van der Waals surface area contributed by atoms with Crippen LogP contribution in [-0.2, 0) is 31.9 Å². The van der Waals surface area contributed by atoms with Crippen LogP contribution < -0.4 is 5.32 Å². The van der Waals surface area contributed by atoms with Gasteiger partial charge in [-0.1, -0.05) is 48.5 Å². The number of methoxy groups -OCH3 is 1. The van der Waals surface area contributed by atoms with Crippen LogP contribution in [0.1, 0.15) is 45.8 Å². The zero-order chi connectivity index (χ0) is 27.2. The van der Waals surface area contributed by atoms with Crippen molar-refractivity contribution in [3.8, 4) is 0 Å². The Morgan fingerprint density at radius 2 is 1.82 bits per heavy atom. The van der Waals surface area contributed by atoms with Crippen LogP contribution in [0, 0.1) is 0 Å². The highest BCUT2D eigenvalue weighted by atomic mass is 16.5. The number of nitrogens with zero attached hydrogens (tertiary/aromatic N) is 1. The van der Waals surface area contributed by atoms with Gasteiger partial charge in [0.2, 0.25) is 0 Å². The Morgan fingerprint density at radius 3 is 2.59 bits per heavy atom. The Kier molecular flexibility index (Phi) is 7.82. The van der Waals surface area contributed by atoms with E-state index in [9.17, 15) is 14.4 Å². The molecule has 0 aliphatic heterocycles. The summed E-state index contributed by atoms with van der Waals surface area (Å²) >= 11 is 0. The first-order valence-corrected chi connectivity index (χ1v) is 12.8. The number of allylic oxidation sites excluding steroid dienone is 1. The number of nitrogens with one attached hydrogen (secondary N) is 1. The predicted molar refractivity (Wildman–Crippen MR) is 146 cm³/mol. The molecule has 2 aromatic carbocycles.